The Bertz CT molecular complexity index is 472. The SMILES string of the molecule is COCC(Br)CCNS(=O)(=O)c1c(Cl)cnn1C. The van der Waals surface area contributed by atoms with E-state index in [2.05, 4.69) is 25.8 Å². The zero-order valence-electron chi connectivity index (χ0n) is 10.1. The van der Waals surface area contributed by atoms with Crippen molar-refractivity contribution in [2.45, 2.75) is 16.3 Å². The highest BCUT2D eigenvalue weighted by molar-refractivity contribution is 9.09. The number of halogens is 2. The van der Waals surface area contributed by atoms with Crippen LogP contribution >= 0.6 is 27.5 Å². The summed E-state index contributed by atoms with van der Waals surface area (Å²) in [7, 11) is -0.514. The lowest BCUT2D eigenvalue weighted by molar-refractivity contribution is 0.199. The second kappa shape index (κ2) is 6.85. The molecular formula is C9H15BrClN3O3S. The predicted octanol–water partition coefficient (Wildman–Crippen LogP) is 1.15. The molecule has 0 aliphatic carbocycles. The third kappa shape index (κ3) is 4.20. The van der Waals surface area contributed by atoms with Crippen LogP contribution in [0.3, 0.4) is 0 Å². The van der Waals surface area contributed by atoms with E-state index in [-0.39, 0.29) is 14.9 Å². The van der Waals surface area contributed by atoms with Crippen molar-refractivity contribution in [3.63, 3.8) is 0 Å². The van der Waals surface area contributed by atoms with Gasteiger partial charge in [-0.05, 0) is 6.42 Å². The average Bonchev–Trinajstić information content (AvgIpc) is 2.59. The van der Waals surface area contributed by atoms with Crippen molar-refractivity contribution in [3.8, 4) is 0 Å². The van der Waals surface area contributed by atoms with Crippen molar-refractivity contribution in [1.29, 1.82) is 0 Å². The number of nitrogens with one attached hydrogen (secondary N) is 1. The lowest BCUT2D eigenvalue weighted by Gasteiger charge is -2.10. The Balaban J connectivity index is 2.61. The van der Waals surface area contributed by atoms with Gasteiger partial charge < -0.3 is 4.74 Å². The minimum Gasteiger partial charge on any atom is -0.384 e. The maximum absolute atomic E-state index is 12.0. The van der Waals surface area contributed by atoms with Crippen molar-refractivity contribution in [2.75, 3.05) is 20.3 Å². The third-order valence-electron chi connectivity index (χ3n) is 2.19. The number of ether oxygens (including phenoxy) is 1. The van der Waals surface area contributed by atoms with Crippen molar-refractivity contribution in [2.24, 2.45) is 7.05 Å². The van der Waals surface area contributed by atoms with E-state index < -0.39 is 10.0 Å². The summed E-state index contributed by atoms with van der Waals surface area (Å²) in [6, 6.07) is 0. The standard InChI is InChI=1S/C9H15BrClN3O3S/c1-14-9(8(11)5-12-14)18(15,16)13-4-3-7(10)6-17-2/h5,7,13H,3-4,6H2,1-2H3. The summed E-state index contributed by atoms with van der Waals surface area (Å²) in [6.07, 6.45) is 1.91. The molecule has 1 heterocycles. The van der Waals surface area contributed by atoms with Crippen LogP contribution in [0.2, 0.25) is 5.02 Å². The number of rotatable bonds is 7. The van der Waals surface area contributed by atoms with E-state index in [1.807, 2.05) is 0 Å². The van der Waals surface area contributed by atoms with Gasteiger partial charge in [0.1, 0.15) is 0 Å². The van der Waals surface area contributed by atoms with E-state index in [1.165, 1.54) is 17.9 Å². The third-order valence-corrected chi connectivity index (χ3v) is 4.88. The van der Waals surface area contributed by atoms with Crippen LogP contribution < -0.4 is 4.72 Å². The molecule has 0 spiro atoms. The van der Waals surface area contributed by atoms with Gasteiger partial charge in [0, 0.05) is 25.5 Å². The van der Waals surface area contributed by atoms with Gasteiger partial charge in [0.25, 0.3) is 10.0 Å². The highest BCUT2D eigenvalue weighted by Gasteiger charge is 2.22. The maximum atomic E-state index is 12.0. The van der Waals surface area contributed by atoms with Crippen LogP contribution in [0.5, 0.6) is 0 Å². The first-order chi connectivity index (χ1) is 8.38. The van der Waals surface area contributed by atoms with Crippen molar-refractivity contribution >= 4 is 37.6 Å². The van der Waals surface area contributed by atoms with E-state index in [4.69, 9.17) is 16.3 Å². The molecule has 1 aromatic rings. The molecule has 0 aromatic carbocycles. The largest absolute Gasteiger partial charge is 0.384 e. The molecule has 9 heteroatoms. The highest BCUT2D eigenvalue weighted by Crippen LogP contribution is 2.19. The molecule has 0 saturated carbocycles. The summed E-state index contributed by atoms with van der Waals surface area (Å²) in [5, 5.41) is 3.87. The van der Waals surface area contributed by atoms with Crippen molar-refractivity contribution in [3.05, 3.63) is 11.2 Å². The predicted molar refractivity (Wildman–Crippen MR) is 72.6 cm³/mol. The van der Waals surface area contributed by atoms with Crippen molar-refractivity contribution < 1.29 is 13.2 Å². The van der Waals surface area contributed by atoms with Gasteiger partial charge in [-0.2, -0.15) is 5.10 Å². The Morgan fingerprint density at radius 3 is 2.83 bits per heavy atom. The number of hydrogen-bond donors (Lipinski definition) is 1. The fraction of sp³-hybridized carbons (Fsp3) is 0.667. The molecule has 0 amide bonds. The second-order valence-electron chi connectivity index (χ2n) is 3.66. The van der Waals surface area contributed by atoms with Gasteiger partial charge in [0.2, 0.25) is 0 Å². The molecule has 1 N–H and O–H groups in total. The molecule has 0 saturated heterocycles. The molecule has 0 bridgehead atoms. The van der Waals surface area contributed by atoms with E-state index in [0.29, 0.717) is 19.6 Å². The lowest BCUT2D eigenvalue weighted by Crippen LogP contribution is -2.28. The average molecular weight is 361 g/mol. The van der Waals surface area contributed by atoms with E-state index in [9.17, 15) is 8.42 Å². The highest BCUT2D eigenvalue weighted by atomic mass is 79.9. The van der Waals surface area contributed by atoms with Gasteiger partial charge in [-0.25, -0.2) is 13.1 Å². The van der Waals surface area contributed by atoms with Gasteiger partial charge in [-0.1, -0.05) is 27.5 Å². The first-order valence-corrected chi connectivity index (χ1v) is 7.96. The number of nitrogens with zero attached hydrogens (tertiary/aromatic N) is 2. The molecule has 104 valence electrons. The second-order valence-corrected chi connectivity index (χ2v) is 7.04. The van der Waals surface area contributed by atoms with E-state index in [0.717, 1.165) is 0 Å². The Morgan fingerprint density at radius 2 is 2.33 bits per heavy atom. The number of sulfonamides is 1. The Kier molecular flexibility index (Phi) is 6.06. The molecule has 1 atom stereocenters. The minimum atomic E-state index is -3.63. The van der Waals surface area contributed by atoms with Gasteiger partial charge in [-0.3, -0.25) is 4.68 Å². The molecule has 1 aromatic heterocycles. The summed E-state index contributed by atoms with van der Waals surface area (Å²) < 4.78 is 32.6. The van der Waals surface area contributed by atoms with Gasteiger partial charge >= 0.3 is 0 Å². The molecule has 1 unspecified atom stereocenters. The first-order valence-electron chi connectivity index (χ1n) is 5.18. The van der Waals surface area contributed by atoms with Crippen molar-refractivity contribution in [1.82, 2.24) is 14.5 Å². The zero-order valence-corrected chi connectivity index (χ0v) is 13.2. The monoisotopic (exact) mass is 359 g/mol. The number of aromatic nitrogens is 2. The number of hydrogen-bond acceptors (Lipinski definition) is 4. The molecule has 6 nitrogen and oxygen atoms in total. The molecule has 0 aliphatic heterocycles. The molecule has 0 aliphatic rings. The van der Waals surface area contributed by atoms with Crippen LogP contribution in [-0.4, -0.2) is 43.3 Å². The maximum Gasteiger partial charge on any atom is 0.259 e. The van der Waals surface area contributed by atoms with Gasteiger partial charge in [-0.15, -0.1) is 0 Å². The van der Waals surface area contributed by atoms with Crippen LogP contribution in [0, 0.1) is 0 Å². The number of aryl methyl sites for hydroxylation is 1. The Morgan fingerprint density at radius 1 is 1.67 bits per heavy atom. The quantitative estimate of drug-likeness (QED) is 0.740. The number of alkyl halides is 1. The number of methoxy groups -OCH3 is 1. The summed E-state index contributed by atoms with van der Waals surface area (Å²) in [5.74, 6) is 0. The van der Waals surface area contributed by atoms with Crippen LogP contribution in [0.15, 0.2) is 11.2 Å². The lowest BCUT2D eigenvalue weighted by atomic mass is 10.3. The summed E-state index contributed by atoms with van der Waals surface area (Å²) in [6.45, 7) is 0.817. The molecule has 0 radical (unpaired) electrons. The fourth-order valence-electron chi connectivity index (χ4n) is 1.38. The molecule has 0 fully saturated rings. The summed E-state index contributed by atoms with van der Waals surface area (Å²) in [4.78, 5) is 0.104. The molecule has 1 rings (SSSR count). The zero-order chi connectivity index (χ0) is 13.8. The topological polar surface area (TPSA) is 73.2 Å². The summed E-state index contributed by atoms with van der Waals surface area (Å²) >= 11 is 9.17. The summed E-state index contributed by atoms with van der Waals surface area (Å²) in [5.41, 5.74) is 0. The molecule has 18 heavy (non-hydrogen) atoms. The van der Waals surface area contributed by atoms with Crippen LogP contribution in [-0.2, 0) is 21.8 Å². The van der Waals surface area contributed by atoms with Gasteiger partial charge in [0.05, 0.1) is 17.8 Å². The van der Waals surface area contributed by atoms with E-state index in [1.54, 1.807) is 7.11 Å². The molecular weight excluding hydrogens is 346 g/mol. The van der Waals surface area contributed by atoms with Gasteiger partial charge in [0.15, 0.2) is 5.03 Å². The smallest absolute Gasteiger partial charge is 0.259 e. The normalized spacial score (nSPS) is 13.8. The van der Waals surface area contributed by atoms with Crippen LogP contribution in [0.1, 0.15) is 6.42 Å². The van der Waals surface area contributed by atoms with Crippen LogP contribution in [0.25, 0.3) is 0 Å². The Labute approximate surface area is 120 Å². The fourth-order valence-corrected chi connectivity index (χ4v) is 3.58. The van der Waals surface area contributed by atoms with Crippen LogP contribution in [0.4, 0.5) is 0 Å². The first kappa shape index (κ1) is 15.9. The Hall–Kier alpha value is -0.150. The van der Waals surface area contributed by atoms with E-state index >= 15 is 0 Å². The minimum absolute atomic E-state index is 0.0259.